The minimum atomic E-state index is -1.13. The molecule has 3 aliphatic heterocycles. The molecule has 0 bridgehead atoms. The van der Waals surface area contributed by atoms with E-state index in [0.29, 0.717) is 0 Å². The molecular weight excluding hydrogens is 412 g/mol. The number of aliphatic carboxylic acids is 1. The predicted octanol–water partition coefficient (Wildman–Crippen LogP) is 0.115. The third-order valence-electron chi connectivity index (χ3n) is 5.18. The fourth-order valence-corrected chi connectivity index (χ4v) is 4.03. The molecule has 0 aromatic heterocycles. The second kappa shape index (κ2) is 8.62. The highest BCUT2D eigenvalue weighted by atomic mass is 16.9. The minimum Gasteiger partial charge on any atom is -0.480 e. The van der Waals surface area contributed by atoms with E-state index in [4.69, 9.17) is 23.7 Å². The van der Waals surface area contributed by atoms with Crippen molar-refractivity contribution >= 4 is 17.8 Å². The van der Waals surface area contributed by atoms with Crippen LogP contribution >= 0.6 is 0 Å². The molecule has 176 valence electrons. The van der Waals surface area contributed by atoms with Crippen LogP contribution in [0.15, 0.2) is 0 Å². The van der Waals surface area contributed by atoms with Crippen LogP contribution < -0.4 is 10.6 Å². The van der Waals surface area contributed by atoms with Crippen LogP contribution in [0.25, 0.3) is 0 Å². The molecule has 0 spiro atoms. The molecule has 6 atom stereocenters. The summed E-state index contributed by atoms with van der Waals surface area (Å²) in [5.41, 5.74) is 0. The number of hydrogen-bond acceptors (Lipinski definition) is 8. The van der Waals surface area contributed by atoms with Gasteiger partial charge in [-0.15, -0.1) is 0 Å². The van der Waals surface area contributed by atoms with Crippen LogP contribution in [0.2, 0.25) is 0 Å². The summed E-state index contributed by atoms with van der Waals surface area (Å²) in [5, 5.41) is 14.2. The van der Waals surface area contributed by atoms with Gasteiger partial charge in [0.05, 0.1) is 6.54 Å². The second-order valence-corrected chi connectivity index (χ2v) is 9.40. The molecular formula is C20H32N2O9. The summed E-state index contributed by atoms with van der Waals surface area (Å²) in [7, 11) is 0. The first-order valence-electron chi connectivity index (χ1n) is 10.4. The highest BCUT2D eigenvalue weighted by molar-refractivity contribution is 5.89. The van der Waals surface area contributed by atoms with E-state index < -0.39 is 72.7 Å². The average Bonchev–Trinajstić information content (AvgIpc) is 3.11. The van der Waals surface area contributed by atoms with Gasteiger partial charge in [0.2, 0.25) is 5.91 Å². The molecule has 0 unspecified atom stereocenters. The molecule has 3 rings (SSSR count). The quantitative estimate of drug-likeness (QED) is 0.499. The van der Waals surface area contributed by atoms with Gasteiger partial charge in [-0.2, -0.15) is 0 Å². The zero-order valence-corrected chi connectivity index (χ0v) is 18.7. The second-order valence-electron chi connectivity index (χ2n) is 9.40. The summed E-state index contributed by atoms with van der Waals surface area (Å²) in [6.45, 7) is 10.2. The molecule has 3 aliphatic rings. The highest BCUT2D eigenvalue weighted by Gasteiger charge is 2.62. The SMILES string of the molecule is CC(C)C[C@@H](NC(=O)CNC(=O)[C@@H]1O[C@@H]2OC(C)(C)O[C@@H]2[C@H]2OC(C)(C)O[C@H]21)C(=O)O. The third-order valence-corrected chi connectivity index (χ3v) is 5.18. The lowest BCUT2D eigenvalue weighted by atomic mass is 9.98. The van der Waals surface area contributed by atoms with Crippen LogP contribution in [0.3, 0.4) is 0 Å². The van der Waals surface area contributed by atoms with Crippen molar-refractivity contribution in [1.29, 1.82) is 0 Å². The summed E-state index contributed by atoms with van der Waals surface area (Å²) in [4.78, 5) is 36.4. The number of carboxylic acid groups (broad SMARTS) is 1. The molecule has 3 fully saturated rings. The first-order chi connectivity index (χ1) is 14.3. The van der Waals surface area contributed by atoms with Crippen molar-refractivity contribution < 1.29 is 43.2 Å². The van der Waals surface area contributed by atoms with Crippen LogP contribution in [-0.2, 0) is 38.1 Å². The lowest BCUT2D eigenvalue weighted by molar-refractivity contribution is -0.231. The van der Waals surface area contributed by atoms with E-state index in [2.05, 4.69) is 10.6 Å². The van der Waals surface area contributed by atoms with Crippen molar-refractivity contribution in [3.8, 4) is 0 Å². The predicted molar refractivity (Wildman–Crippen MR) is 105 cm³/mol. The summed E-state index contributed by atoms with van der Waals surface area (Å²) >= 11 is 0. The Bertz CT molecular complexity index is 723. The molecule has 0 radical (unpaired) electrons. The summed E-state index contributed by atoms with van der Waals surface area (Å²) in [6.07, 6.45) is -3.57. The normalized spacial score (nSPS) is 34.0. The maximum Gasteiger partial charge on any atom is 0.326 e. The van der Waals surface area contributed by atoms with Gasteiger partial charge in [-0.25, -0.2) is 4.79 Å². The highest BCUT2D eigenvalue weighted by Crippen LogP contribution is 2.44. The van der Waals surface area contributed by atoms with Crippen molar-refractivity contribution in [2.75, 3.05) is 6.54 Å². The largest absolute Gasteiger partial charge is 0.480 e. The number of nitrogens with one attached hydrogen (secondary N) is 2. The lowest BCUT2D eigenvalue weighted by Gasteiger charge is -2.36. The number of ether oxygens (including phenoxy) is 5. The van der Waals surface area contributed by atoms with E-state index in [0.717, 1.165) is 0 Å². The zero-order chi connectivity index (χ0) is 23.1. The lowest BCUT2D eigenvalue weighted by Crippen LogP contribution is -2.60. The fourth-order valence-electron chi connectivity index (χ4n) is 4.03. The van der Waals surface area contributed by atoms with Gasteiger partial charge in [-0.1, -0.05) is 13.8 Å². The zero-order valence-electron chi connectivity index (χ0n) is 18.7. The van der Waals surface area contributed by atoms with Gasteiger partial charge in [0, 0.05) is 0 Å². The molecule has 3 heterocycles. The Hall–Kier alpha value is -1.79. The summed E-state index contributed by atoms with van der Waals surface area (Å²) < 4.78 is 29.3. The van der Waals surface area contributed by atoms with Crippen molar-refractivity contribution in [2.45, 2.75) is 96.3 Å². The van der Waals surface area contributed by atoms with E-state index in [1.165, 1.54) is 0 Å². The maximum absolute atomic E-state index is 12.8. The molecule has 2 amide bonds. The third kappa shape index (κ3) is 5.53. The fraction of sp³-hybridized carbons (Fsp3) is 0.850. The maximum atomic E-state index is 12.8. The molecule has 0 saturated carbocycles. The van der Waals surface area contributed by atoms with Gasteiger partial charge in [0.1, 0.15) is 24.4 Å². The van der Waals surface area contributed by atoms with Crippen LogP contribution in [0, 0.1) is 5.92 Å². The number of hydrogen-bond donors (Lipinski definition) is 3. The van der Waals surface area contributed by atoms with Crippen LogP contribution in [0.1, 0.15) is 48.0 Å². The van der Waals surface area contributed by atoms with Gasteiger partial charge in [-0.05, 0) is 40.0 Å². The number of carboxylic acids is 1. The van der Waals surface area contributed by atoms with Crippen LogP contribution in [-0.4, -0.2) is 77.8 Å². The molecule has 3 saturated heterocycles. The number of amides is 2. The first kappa shape index (κ1) is 23.9. The first-order valence-corrected chi connectivity index (χ1v) is 10.4. The van der Waals surface area contributed by atoms with Crippen LogP contribution in [0.4, 0.5) is 0 Å². The van der Waals surface area contributed by atoms with Gasteiger partial charge >= 0.3 is 5.97 Å². The molecule has 31 heavy (non-hydrogen) atoms. The van der Waals surface area contributed by atoms with E-state index in [1.54, 1.807) is 27.7 Å². The molecule has 3 N–H and O–H groups in total. The molecule has 0 aliphatic carbocycles. The summed E-state index contributed by atoms with van der Waals surface area (Å²) in [5.74, 6) is -4.12. The van der Waals surface area contributed by atoms with E-state index in [9.17, 15) is 19.5 Å². The Labute approximate surface area is 181 Å². The van der Waals surface area contributed by atoms with E-state index in [-0.39, 0.29) is 12.3 Å². The minimum absolute atomic E-state index is 0.0808. The van der Waals surface area contributed by atoms with Gasteiger partial charge in [0.15, 0.2) is 24.0 Å². The Morgan fingerprint density at radius 1 is 0.935 bits per heavy atom. The van der Waals surface area contributed by atoms with Crippen molar-refractivity contribution in [2.24, 2.45) is 5.92 Å². The van der Waals surface area contributed by atoms with Crippen LogP contribution in [0.5, 0.6) is 0 Å². The number of carbonyl (C=O) groups excluding carboxylic acids is 2. The van der Waals surface area contributed by atoms with E-state index in [1.807, 2.05) is 13.8 Å². The van der Waals surface area contributed by atoms with Gasteiger partial charge in [0.25, 0.3) is 5.91 Å². The number of fused-ring (bicyclic) bond motifs is 3. The molecule has 0 aromatic carbocycles. The van der Waals surface area contributed by atoms with Crippen molar-refractivity contribution in [3.63, 3.8) is 0 Å². The number of carbonyl (C=O) groups is 3. The average molecular weight is 444 g/mol. The van der Waals surface area contributed by atoms with E-state index >= 15 is 0 Å². The van der Waals surface area contributed by atoms with Crippen molar-refractivity contribution in [1.82, 2.24) is 10.6 Å². The van der Waals surface area contributed by atoms with Gasteiger partial charge < -0.3 is 39.4 Å². The Morgan fingerprint density at radius 3 is 2.13 bits per heavy atom. The monoisotopic (exact) mass is 444 g/mol. The summed E-state index contributed by atoms with van der Waals surface area (Å²) in [6, 6.07) is -1.03. The topological polar surface area (TPSA) is 142 Å². The molecule has 11 nitrogen and oxygen atoms in total. The number of rotatable bonds is 7. The smallest absolute Gasteiger partial charge is 0.326 e. The van der Waals surface area contributed by atoms with Gasteiger partial charge in [-0.3, -0.25) is 9.59 Å². The standard InChI is InChI=1S/C20H32N2O9/c1-9(2)7-10(17(25)26)22-11(23)8-21-16(24)14-12-13(29-19(3,4)28-12)15-18(27-14)31-20(5,6)30-15/h9-10,12-15,18H,7-8H2,1-6H3,(H,21,24)(H,22,23)(H,25,26)/t10-,12-,13+,14-,15-,18-/m1/s1. The molecule has 11 heteroatoms. The molecule has 0 aromatic rings. The Balaban J connectivity index is 1.63. The van der Waals surface area contributed by atoms with Crippen molar-refractivity contribution in [3.05, 3.63) is 0 Å². The Morgan fingerprint density at radius 2 is 1.52 bits per heavy atom. The Kier molecular flexibility index (Phi) is 6.64.